The molecule has 2 heterocycles. The first-order valence-corrected chi connectivity index (χ1v) is 7.76. The number of hydrogen-bond donors (Lipinski definition) is 1. The number of aromatic carboxylic acids is 1. The first-order chi connectivity index (χ1) is 10.6. The maximum absolute atomic E-state index is 12.5. The zero-order valence-electron chi connectivity index (χ0n) is 12.6. The number of carbonyl (C=O) groups is 2. The van der Waals surface area contributed by atoms with Crippen molar-refractivity contribution in [1.82, 2.24) is 4.90 Å². The van der Waals surface area contributed by atoms with Crippen molar-refractivity contribution in [2.24, 2.45) is 5.41 Å². The van der Waals surface area contributed by atoms with Crippen LogP contribution in [0.2, 0.25) is 0 Å². The van der Waals surface area contributed by atoms with Crippen LogP contribution in [0.3, 0.4) is 0 Å². The van der Waals surface area contributed by atoms with E-state index in [-0.39, 0.29) is 23.3 Å². The summed E-state index contributed by atoms with van der Waals surface area (Å²) in [4.78, 5) is 25.6. The van der Waals surface area contributed by atoms with Gasteiger partial charge >= 0.3 is 5.97 Å². The molecule has 0 atom stereocenters. The number of hydrogen-bond acceptors (Lipinski definition) is 3. The van der Waals surface area contributed by atoms with Gasteiger partial charge in [-0.15, -0.1) is 0 Å². The Hall–Kier alpha value is -1.88. The second-order valence-corrected chi connectivity index (χ2v) is 6.32. The van der Waals surface area contributed by atoms with E-state index in [1.807, 2.05) is 4.90 Å². The molecule has 2 aliphatic heterocycles. The third kappa shape index (κ3) is 2.99. The molecule has 0 bridgehead atoms. The van der Waals surface area contributed by atoms with Gasteiger partial charge in [-0.3, -0.25) is 4.79 Å². The van der Waals surface area contributed by atoms with Crippen molar-refractivity contribution in [3.05, 3.63) is 35.4 Å². The molecule has 118 valence electrons. The number of rotatable bonds is 3. The Kier molecular flexibility index (Phi) is 4.16. The van der Waals surface area contributed by atoms with Crippen LogP contribution in [0, 0.1) is 5.41 Å². The van der Waals surface area contributed by atoms with Gasteiger partial charge in [-0.2, -0.15) is 0 Å². The van der Waals surface area contributed by atoms with E-state index >= 15 is 0 Å². The van der Waals surface area contributed by atoms with Crippen LogP contribution in [0.15, 0.2) is 24.3 Å². The molecule has 0 unspecified atom stereocenters. The molecule has 5 nitrogen and oxygen atoms in total. The van der Waals surface area contributed by atoms with Crippen molar-refractivity contribution in [1.29, 1.82) is 0 Å². The lowest BCUT2D eigenvalue weighted by Crippen LogP contribution is -2.36. The predicted octanol–water partition coefficient (Wildman–Crippen LogP) is 1.96. The summed E-state index contributed by atoms with van der Waals surface area (Å²) in [5.41, 5.74) is 1.03. The van der Waals surface area contributed by atoms with Crippen molar-refractivity contribution in [3.8, 4) is 0 Å². The molecule has 3 rings (SSSR count). The number of likely N-dealkylation sites (tertiary alicyclic amines) is 1. The molecule has 1 N–H and O–H groups in total. The largest absolute Gasteiger partial charge is 0.478 e. The van der Waals surface area contributed by atoms with Gasteiger partial charge in [0.1, 0.15) is 0 Å². The Morgan fingerprint density at radius 2 is 1.91 bits per heavy atom. The topological polar surface area (TPSA) is 66.8 Å². The maximum atomic E-state index is 12.5. The molecule has 1 amide bonds. The molecular weight excluding hydrogens is 282 g/mol. The number of amides is 1. The van der Waals surface area contributed by atoms with Crippen LogP contribution >= 0.6 is 0 Å². The molecule has 0 aromatic heterocycles. The van der Waals surface area contributed by atoms with Crippen LogP contribution in [0.1, 0.15) is 35.2 Å². The van der Waals surface area contributed by atoms with Crippen LogP contribution < -0.4 is 0 Å². The number of carboxylic acids is 1. The van der Waals surface area contributed by atoms with Crippen LogP contribution in [0.25, 0.3) is 0 Å². The van der Waals surface area contributed by atoms with E-state index in [0.717, 1.165) is 45.6 Å². The maximum Gasteiger partial charge on any atom is 0.335 e. The summed E-state index contributed by atoms with van der Waals surface area (Å²) in [5, 5.41) is 9.20. The molecule has 0 aliphatic carbocycles. The van der Waals surface area contributed by atoms with Crippen molar-refractivity contribution in [2.75, 3.05) is 26.3 Å². The van der Waals surface area contributed by atoms with Gasteiger partial charge in [0.25, 0.3) is 0 Å². The van der Waals surface area contributed by atoms with E-state index in [0.29, 0.717) is 5.56 Å². The molecule has 0 saturated carbocycles. The average Bonchev–Trinajstić information content (AvgIpc) is 2.92. The summed E-state index contributed by atoms with van der Waals surface area (Å²) >= 11 is 0. The normalized spacial score (nSPS) is 20.3. The zero-order chi connectivity index (χ0) is 15.6. The molecule has 0 radical (unpaired) electrons. The van der Waals surface area contributed by atoms with Crippen molar-refractivity contribution < 1.29 is 19.4 Å². The van der Waals surface area contributed by atoms with Crippen LogP contribution in [-0.2, 0) is 16.0 Å². The molecule has 1 aromatic carbocycles. The van der Waals surface area contributed by atoms with Crippen molar-refractivity contribution >= 4 is 11.9 Å². The number of benzene rings is 1. The van der Waals surface area contributed by atoms with E-state index in [2.05, 4.69) is 0 Å². The van der Waals surface area contributed by atoms with E-state index < -0.39 is 5.97 Å². The van der Waals surface area contributed by atoms with Crippen molar-refractivity contribution in [2.45, 2.75) is 25.7 Å². The SMILES string of the molecule is O=C(O)c1ccccc1CC(=O)N1CCC2(CCOCC2)C1. The summed E-state index contributed by atoms with van der Waals surface area (Å²) in [5.74, 6) is -0.956. The van der Waals surface area contributed by atoms with Gasteiger partial charge < -0.3 is 14.7 Å². The molecule has 5 heteroatoms. The Labute approximate surface area is 129 Å². The van der Waals surface area contributed by atoms with E-state index in [4.69, 9.17) is 4.74 Å². The van der Waals surface area contributed by atoms with Crippen LogP contribution in [0.5, 0.6) is 0 Å². The Balaban J connectivity index is 1.67. The minimum atomic E-state index is -0.981. The number of carbonyl (C=O) groups excluding carboxylic acids is 1. The fraction of sp³-hybridized carbons (Fsp3) is 0.529. The Morgan fingerprint density at radius 1 is 1.18 bits per heavy atom. The van der Waals surface area contributed by atoms with E-state index in [1.54, 1.807) is 24.3 Å². The highest BCUT2D eigenvalue weighted by Gasteiger charge is 2.40. The van der Waals surface area contributed by atoms with Crippen molar-refractivity contribution in [3.63, 3.8) is 0 Å². The smallest absolute Gasteiger partial charge is 0.335 e. The fourth-order valence-electron chi connectivity index (χ4n) is 3.52. The first-order valence-electron chi connectivity index (χ1n) is 7.76. The Morgan fingerprint density at radius 3 is 2.64 bits per heavy atom. The van der Waals surface area contributed by atoms with Gasteiger partial charge in [0.05, 0.1) is 12.0 Å². The van der Waals surface area contributed by atoms with Gasteiger partial charge in [-0.05, 0) is 36.3 Å². The Bertz CT molecular complexity index is 578. The van der Waals surface area contributed by atoms with Gasteiger partial charge in [-0.1, -0.05) is 18.2 Å². The number of nitrogens with zero attached hydrogens (tertiary/aromatic N) is 1. The van der Waals surface area contributed by atoms with Crippen LogP contribution in [0.4, 0.5) is 0 Å². The molecule has 1 aromatic rings. The quantitative estimate of drug-likeness (QED) is 0.927. The van der Waals surface area contributed by atoms with Gasteiger partial charge in [0.15, 0.2) is 0 Å². The number of carboxylic acid groups (broad SMARTS) is 1. The lowest BCUT2D eigenvalue weighted by molar-refractivity contribution is -0.130. The molecule has 22 heavy (non-hydrogen) atoms. The van der Waals surface area contributed by atoms with Crippen LogP contribution in [-0.4, -0.2) is 48.2 Å². The summed E-state index contributed by atoms with van der Waals surface area (Å²) in [7, 11) is 0. The first kappa shape index (κ1) is 15.0. The lowest BCUT2D eigenvalue weighted by Gasteiger charge is -2.33. The molecule has 2 aliphatic rings. The molecule has 2 fully saturated rings. The van der Waals surface area contributed by atoms with Gasteiger partial charge in [0.2, 0.25) is 5.91 Å². The average molecular weight is 303 g/mol. The highest BCUT2D eigenvalue weighted by atomic mass is 16.5. The summed E-state index contributed by atoms with van der Waals surface area (Å²) < 4.78 is 5.42. The van der Waals surface area contributed by atoms with Gasteiger partial charge in [0, 0.05) is 26.3 Å². The zero-order valence-corrected chi connectivity index (χ0v) is 12.6. The standard InChI is InChI=1S/C17H21NO4/c19-15(11-13-3-1-2-4-14(13)16(20)21)18-8-5-17(12-18)6-9-22-10-7-17/h1-4H,5-12H2,(H,20,21). The molecule has 2 saturated heterocycles. The second-order valence-electron chi connectivity index (χ2n) is 6.32. The molecular formula is C17H21NO4. The summed E-state index contributed by atoms with van der Waals surface area (Å²) in [6, 6.07) is 6.74. The lowest BCUT2D eigenvalue weighted by atomic mass is 9.80. The monoisotopic (exact) mass is 303 g/mol. The predicted molar refractivity (Wildman–Crippen MR) is 80.8 cm³/mol. The molecule has 1 spiro atoms. The third-order valence-electron chi connectivity index (χ3n) is 4.93. The van der Waals surface area contributed by atoms with E-state index in [1.165, 1.54) is 0 Å². The summed E-state index contributed by atoms with van der Waals surface area (Å²) in [6.07, 6.45) is 3.22. The van der Waals surface area contributed by atoms with E-state index in [9.17, 15) is 14.7 Å². The number of ether oxygens (including phenoxy) is 1. The minimum Gasteiger partial charge on any atom is -0.478 e. The fourth-order valence-corrected chi connectivity index (χ4v) is 3.52. The highest BCUT2D eigenvalue weighted by Crippen LogP contribution is 2.39. The highest BCUT2D eigenvalue weighted by molar-refractivity contribution is 5.91. The third-order valence-corrected chi connectivity index (χ3v) is 4.93. The summed E-state index contributed by atoms with van der Waals surface area (Å²) in [6.45, 7) is 3.12. The minimum absolute atomic E-state index is 0.0251. The second kappa shape index (κ2) is 6.08. The van der Waals surface area contributed by atoms with Gasteiger partial charge in [-0.25, -0.2) is 4.79 Å².